The summed E-state index contributed by atoms with van der Waals surface area (Å²) >= 11 is 6.17. The molecule has 0 atom stereocenters. The molecule has 1 fully saturated rings. The second kappa shape index (κ2) is 6.47. The number of hydrogen-bond acceptors (Lipinski definition) is 5. The highest BCUT2D eigenvalue weighted by Gasteiger charge is 2.21. The van der Waals surface area contributed by atoms with Crippen molar-refractivity contribution in [3.8, 4) is 0 Å². The van der Waals surface area contributed by atoms with Crippen molar-refractivity contribution in [1.82, 2.24) is 10.0 Å². The van der Waals surface area contributed by atoms with E-state index < -0.39 is 10.0 Å². The molecule has 8 heteroatoms. The molecule has 2 heterocycles. The SMILES string of the molecule is O=S(=O)(NCc1ccc(Br)s1)c1cc(CNC2CC2)cs1. The van der Waals surface area contributed by atoms with Gasteiger partial charge in [-0.1, -0.05) is 0 Å². The lowest BCUT2D eigenvalue weighted by atomic mass is 10.3. The summed E-state index contributed by atoms with van der Waals surface area (Å²) in [5.41, 5.74) is 1.03. The molecule has 2 N–H and O–H groups in total. The van der Waals surface area contributed by atoms with Crippen molar-refractivity contribution in [2.75, 3.05) is 0 Å². The van der Waals surface area contributed by atoms with Crippen LogP contribution in [0.25, 0.3) is 0 Å². The van der Waals surface area contributed by atoms with E-state index in [-0.39, 0.29) is 0 Å². The molecule has 0 saturated heterocycles. The quantitative estimate of drug-likeness (QED) is 0.741. The first-order valence-corrected chi connectivity index (χ1v) is 10.5. The predicted molar refractivity (Wildman–Crippen MR) is 90.2 cm³/mol. The molecule has 0 aliphatic heterocycles. The summed E-state index contributed by atoms with van der Waals surface area (Å²) in [6, 6.07) is 6.21. The average molecular weight is 407 g/mol. The molecular formula is C13H15BrN2O2S3. The topological polar surface area (TPSA) is 58.2 Å². The second-order valence-electron chi connectivity index (χ2n) is 4.96. The highest BCUT2D eigenvalue weighted by molar-refractivity contribution is 9.11. The lowest BCUT2D eigenvalue weighted by Gasteiger charge is -2.03. The number of thiophene rings is 2. The normalized spacial score (nSPS) is 15.5. The molecule has 0 spiro atoms. The predicted octanol–water partition coefficient (Wildman–Crippen LogP) is 3.30. The first kappa shape index (κ1) is 15.6. The van der Waals surface area contributed by atoms with Crippen LogP contribution in [0.5, 0.6) is 0 Å². The number of hydrogen-bond donors (Lipinski definition) is 2. The third kappa shape index (κ3) is 4.37. The van der Waals surface area contributed by atoms with Crippen LogP contribution >= 0.6 is 38.6 Å². The van der Waals surface area contributed by atoms with Crippen molar-refractivity contribution < 1.29 is 8.42 Å². The van der Waals surface area contributed by atoms with Gasteiger partial charge in [-0.25, -0.2) is 13.1 Å². The van der Waals surface area contributed by atoms with Crippen LogP contribution in [0.2, 0.25) is 0 Å². The van der Waals surface area contributed by atoms with E-state index in [9.17, 15) is 8.42 Å². The van der Waals surface area contributed by atoms with Gasteiger partial charge in [-0.15, -0.1) is 22.7 Å². The van der Waals surface area contributed by atoms with E-state index in [2.05, 4.69) is 26.0 Å². The van der Waals surface area contributed by atoms with E-state index in [1.807, 2.05) is 17.5 Å². The molecule has 2 aromatic heterocycles. The van der Waals surface area contributed by atoms with E-state index in [0.717, 1.165) is 20.8 Å². The molecule has 114 valence electrons. The summed E-state index contributed by atoms with van der Waals surface area (Å²) in [7, 11) is -3.42. The van der Waals surface area contributed by atoms with Gasteiger partial charge in [0.05, 0.1) is 3.79 Å². The van der Waals surface area contributed by atoms with Gasteiger partial charge >= 0.3 is 0 Å². The molecule has 1 aliphatic rings. The Morgan fingerprint density at radius 1 is 1.29 bits per heavy atom. The Kier molecular flexibility index (Phi) is 4.82. The zero-order valence-corrected chi connectivity index (χ0v) is 15.2. The minimum Gasteiger partial charge on any atom is -0.310 e. The Balaban J connectivity index is 1.60. The standard InChI is InChI=1S/C13H15BrN2O2S3/c14-12-4-3-11(20-12)7-16-21(17,18)13-5-9(8-19-13)6-15-10-1-2-10/h3-5,8,10,15-16H,1-2,6-7H2. The van der Waals surface area contributed by atoms with Gasteiger partial charge in [0.1, 0.15) is 4.21 Å². The Labute approximate surface area is 140 Å². The number of rotatable bonds is 7. The van der Waals surface area contributed by atoms with Crippen molar-refractivity contribution in [2.45, 2.75) is 36.2 Å². The van der Waals surface area contributed by atoms with Gasteiger partial charge in [0.25, 0.3) is 0 Å². The van der Waals surface area contributed by atoms with Crippen molar-refractivity contribution in [1.29, 1.82) is 0 Å². The van der Waals surface area contributed by atoms with Crippen LogP contribution < -0.4 is 10.0 Å². The van der Waals surface area contributed by atoms with Crippen molar-refractivity contribution in [2.24, 2.45) is 0 Å². The zero-order valence-electron chi connectivity index (χ0n) is 11.1. The van der Waals surface area contributed by atoms with Crippen molar-refractivity contribution in [3.05, 3.63) is 37.8 Å². The fourth-order valence-corrected chi connectivity index (χ4v) is 5.60. The van der Waals surface area contributed by atoms with Gasteiger partial charge in [0.2, 0.25) is 10.0 Å². The molecule has 3 rings (SSSR count). The Morgan fingerprint density at radius 3 is 2.76 bits per heavy atom. The van der Waals surface area contributed by atoms with Crippen LogP contribution in [0, 0.1) is 0 Å². The third-order valence-electron chi connectivity index (χ3n) is 3.13. The largest absolute Gasteiger partial charge is 0.310 e. The molecule has 1 aliphatic carbocycles. The first-order chi connectivity index (χ1) is 10.0. The van der Waals surface area contributed by atoms with Crippen LogP contribution in [-0.4, -0.2) is 14.5 Å². The van der Waals surface area contributed by atoms with E-state index in [1.165, 1.54) is 35.5 Å². The number of sulfonamides is 1. The second-order valence-corrected chi connectivity index (χ2v) is 10.4. The number of halogens is 1. The monoisotopic (exact) mass is 406 g/mol. The minimum atomic E-state index is -3.42. The smallest absolute Gasteiger partial charge is 0.250 e. The summed E-state index contributed by atoms with van der Waals surface area (Å²) in [5.74, 6) is 0. The summed E-state index contributed by atoms with van der Waals surface area (Å²) < 4.78 is 28.5. The van der Waals surface area contributed by atoms with Gasteiger partial charge in [-0.05, 0) is 57.9 Å². The van der Waals surface area contributed by atoms with E-state index >= 15 is 0 Å². The lowest BCUT2D eigenvalue weighted by Crippen LogP contribution is -2.22. The highest BCUT2D eigenvalue weighted by Crippen LogP contribution is 2.25. The lowest BCUT2D eigenvalue weighted by molar-refractivity contribution is 0.584. The van der Waals surface area contributed by atoms with Crippen molar-refractivity contribution in [3.63, 3.8) is 0 Å². The van der Waals surface area contributed by atoms with Crippen LogP contribution in [0.15, 0.2) is 31.6 Å². The summed E-state index contributed by atoms with van der Waals surface area (Å²) in [6.07, 6.45) is 2.46. The maximum Gasteiger partial charge on any atom is 0.250 e. The van der Waals surface area contributed by atoms with Gasteiger partial charge in [0, 0.05) is 24.0 Å². The molecule has 2 aromatic rings. The Bertz CT molecular complexity index is 719. The summed E-state index contributed by atoms with van der Waals surface area (Å²) in [5, 5.41) is 5.29. The van der Waals surface area contributed by atoms with Crippen LogP contribution in [-0.2, 0) is 23.1 Å². The first-order valence-electron chi connectivity index (χ1n) is 6.57. The third-order valence-corrected chi connectivity index (χ3v) is 7.65. The highest BCUT2D eigenvalue weighted by atomic mass is 79.9. The molecule has 0 unspecified atom stereocenters. The molecule has 0 aromatic carbocycles. The van der Waals surface area contributed by atoms with Crippen LogP contribution in [0.3, 0.4) is 0 Å². The molecule has 0 radical (unpaired) electrons. The summed E-state index contributed by atoms with van der Waals surface area (Å²) in [4.78, 5) is 0.984. The Hall–Kier alpha value is -0.250. The van der Waals surface area contributed by atoms with Crippen LogP contribution in [0.1, 0.15) is 23.3 Å². The maximum absolute atomic E-state index is 12.2. The van der Waals surface area contributed by atoms with Crippen molar-refractivity contribution >= 4 is 48.6 Å². The molecule has 4 nitrogen and oxygen atoms in total. The fraction of sp³-hybridized carbons (Fsp3) is 0.385. The molecule has 21 heavy (non-hydrogen) atoms. The van der Waals surface area contributed by atoms with Gasteiger partial charge in [-0.2, -0.15) is 0 Å². The zero-order chi connectivity index (χ0) is 14.9. The van der Waals surface area contributed by atoms with E-state index in [0.29, 0.717) is 16.8 Å². The Morgan fingerprint density at radius 2 is 2.10 bits per heavy atom. The molecule has 0 bridgehead atoms. The molecule has 0 amide bonds. The van der Waals surface area contributed by atoms with E-state index in [4.69, 9.17) is 0 Å². The van der Waals surface area contributed by atoms with Crippen LogP contribution in [0.4, 0.5) is 0 Å². The van der Waals surface area contributed by atoms with E-state index in [1.54, 1.807) is 6.07 Å². The average Bonchev–Trinajstić information content (AvgIpc) is 2.97. The number of nitrogens with one attached hydrogen (secondary N) is 2. The maximum atomic E-state index is 12.2. The van der Waals surface area contributed by atoms with Gasteiger partial charge in [0.15, 0.2) is 0 Å². The molecular weight excluding hydrogens is 392 g/mol. The fourth-order valence-electron chi connectivity index (χ4n) is 1.82. The van der Waals surface area contributed by atoms with Gasteiger partial charge in [-0.3, -0.25) is 0 Å². The van der Waals surface area contributed by atoms with Gasteiger partial charge < -0.3 is 5.32 Å². The summed E-state index contributed by atoms with van der Waals surface area (Å²) in [6.45, 7) is 1.07. The minimum absolute atomic E-state index is 0.326. The molecule has 1 saturated carbocycles.